The van der Waals surface area contributed by atoms with E-state index < -0.39 is 53.1 Å². The van der Waals surface area contributed by atoms with Crippen molar-refractivity contribution in [1.29, 1.82) is 0 Å². The van der Waals surface area contributed by atoms with Crippen LogP contribution < -0.4 is 16.0 Å². The Morgan fingerprint density at radius 1 is 0.868 bits per heavy atom. The fourth-order valence-corrected chi connectivity index (χ4v) is 7.37. The van der Waals surface area contributed by atoms with E-state index in [9.17, 15) is 24.3 Å². The number of aryl methyl sites for hydroxylation is 1. The molecule has 0 aliphatic carbocycles. The van der Waals surface area contributed by atoms with Crippen molar-refractivity contribution in [3.05, 3.63) is 87.9 Å². The molecular weight excluding hydrogens is 693 g/mol. The highest BCUT2D eigenvalue weighted by Gasteiger charge is 2.44. The number of alkyl carbamates (subject to hydrolysis) is 1. The average Bonchev–Trinajstić information content (AvgIpc) is 3.66. The molecule has 1 aliphatic heterocycles. The van der Waals surface area contributed by atoms with E-state index in [0.717, 1.165) is 21.8 Å². The average molecular weight is 749 g/mol. The number of aromatic nitrogens is 1. The second kappa shape index (κ2) is 18.0. The van der Waals surface area contributed by atoms with Crippen molar-refractivity contribution in [2.24, 2.45) is 10.8 Å². The van der Waals surface area contributed by atoms with E-state index in [2.05, 4.69) is 20.9 Å². The van der Waals surface area contributed by atoms with Crippen LogP contribution in [0.4, 0.5) is 9.59 Å². The molecule has 13 heteroatoms. The number of nitrogens with one attached hydrogen (secondary N) is 3. The summed E-state index contributed by atoms with van der Waals surface area (Å²) in [5.41, 5.74) is 1.39. The second-order valence-corrected chi connectivity index (χ2v) is 17.0. The number of ether oxygens (including phenoxy) is 1. The highest BCUT2D eigenvalue weighted by atomic mass is 32.1. The predicted octanol–water partition coefficient (Wildman–Crippen LogP) is 5.08. The molecule has 1 saturated heterocycles. The number of carbonyl (C=O) groups excluding carboxylic acids is 4. The summed E-state index contributed by atoms with van der Waals surface area (Å²) in [5, 5.41) is 23.7. The van der Waals surface area contributed by atoms with Crippen LogP contribution in [-0.4, -0.2) is 94.3 Å². The molecule has 0 radical (unpaired) electrons. The van der Waals surface area contributed by atoms with Gasteiger partial charge in [0.15, 0.2) is 0 Å². The van der Waals surface area contributed by atoms with Crippen molar-refractivity contribution >= 4 is 35.3 Å². The van der Waals surface area contributed by atoms with Gasteiger partial charge in [-0.25, -0.2) is 14.6 Å². The lowest BCUT2D eigenvalue weighted by Gasteiger charge is -2.38. The van der Waals surface area contributed by atoms with Gasteiger partial charge in [-0.2, -0.15) is 0 Å². The molecule has 0 spiro atoms. The first-order valence-corrected chi connectivity index (χ1v) is 19.0. The summed E-state index contributed by atoms with van der Waals surface area (Å²) in [7, 11) is 1.24. The molecule has 2 aromatic carbocycles. The zero-order valence-electron chi connectivity index (χ0n) is 32.2. The number of urea groups is 1. The quantitative estimate of drug-likeness (QED) is 0.169. The smallest absolute Gasteiger partial charge is 0.407 e. The normalized spacial score (nSPS) is 16.4. The minimum Gasteiger partial charge on any atom is -0.453 e. The minimum atomic E-state index is -1.11. The van der Waals surface area contributed by atoms with Gasteiger partial charge in [0.05, 0.1) is 36.5 Å². The molecule has 12 nitrogen and oxygen atoms in total. The van der Waals surface area contributed by atoms with Crippen LogP contribution in [0.3, 0.4) is 0 Å². The van der Waals surface area contributed by atoms with Gasteiger partial charge in [0.2, 0.25) is 11.8 Å². The molecule has 1 aromatic heterocycles. The number of hydrogen-bond acceptors (Lipinski definition) is 8. The van der Waals surface area contributed by atoms with E-state index in [-0.39, 0.29) is 18.4 Å². The van der Waals surface area contributed by atoms with Crippen molar-refractivity contribution < 1.29 is 29.0 Å². The fraction of sp³-hybridized carbons (Fsp3) is 0.525. The van der Waals surface area contributed by atoms with Gasteiger partial charge in [-0.3, -0.25) is 9.59 Å². The molecule has 3 aromatic rings. The highest BCUT2D eigenvalue weighted by molar-refractivity contribution is 7.09. The number of aliphatic hydroxyl groups is 1. The van der Waals surface area contributed by atoms with E-state index in [0.29, 0.717) is 32.5 Å². The van der Waals surface area contributed by atoms with Crippen molar-refractivity contribution in [1.82, 2.24) is 30.7 Å². The predicted molar refractivity (Wildman–Crippen MR) is 206 cm³/mol. The Balaban J connectivity index is 1.59. The summed E-state index contributed by atoms with van der Waals surface area (Å²) in [6, 6.07) is 15.9. The Morgan fingerprint density at radius 3 is 2.00 bits per heavy atom. The van der Waals surface area contributed by atoms with Crippen LogP contribution in [0.15, 0.2) is 66.0 Å². The van der Waals surface area contributed by atoms with Crippen LogP contribution in [-0.2, 0) is 33.7 Å². The number of benzene rings is 2. The zero-order valence-corrected chi connectivity index (χ0v) is 33.0. The summed E-state index contributed by atoms with van der Waals surface area (Å²) < 4.78 is 4.79. The van der Waals surface area contributed by atoms with Gasteiger partial charge in [-0.05, 0) is 48.1 Å². The van der Waals surface area contributed by atoms with Crippen LogP contribution in [0, 0.1) is 17.8 Å². The third-order valence-corrected chi connectivity index (χ3v) is 10.2. The van der Waals surface area contributed by atoms with Crippen LogP contribution in [0.25, 0.3) is 0 Å². The van der Waals surface area contributed by atoms with Crippen molar-refractivity contribution in [2.75, 3.05) is 20.2 Å². The van der Waals surface area contributed by atoms with Gasteiger partial charge in [0, 0.05) is 24.5 Å². The second-order valence-electron chi connectivity index (χ2n) is 16.0. The zero-order chi connectivity index (χ0) is 38.9. The molecule has 0 saturated carbocycles. The minimum absolute atomic E-state index is 0.100. The summed E-state index contributed by atoms with van der Waals surface area (Å²) in [5.74, 6) is -0.784. The van der Waals surface area contributed by atoms with Crippen molar-refractivity contribution in [3.63, 3.8) is 0 Å². The Morgan fingerprint density at radius 2 is 1.47 bits per heavy atom. The molecule has 2 heterocycles. The lowest BCUT2D eigenvalue weighted by Crippen LogP contribution is -2.59. The number of hydrogen-bond donors (Lipinski definition) is 4. The standard InChI is InChI=1S/C40H56N6O6S/c1-26-41-30(25-53-26)24-45-19-20-46(38(45)51)34(40(5,6)7)36(49)42-29(21-27-15-11-9-12-16-27)23-32(47)31(22-28-17-13-10-14-18-28)43-35(48)33(39(2,3)4)44-37(50)52-8/h9-18,25,29,31-34,47H,19-24H2,1-8H3,(H,42,49)(H,43,48)(H,44,50)/t29-,31-,32-,33+,34+/m0/s1. The molecule has 288 valence electrons. The maximum absolute atomic E-state index is 14.4. The van der Waals surface area contributed by atoms with E-state index in [1.165, 1.54) is 18.4 Å². The summed E-state index contributed by atoms with van der Waals surface area (Å²) in [4.78, 5) is 62.1. The molecule has 4 rings (SSSR count). The molecule has 1 fully saturated rings. The lowest BCUT2D eigenvalue weighted by atomic mass is 9.84. The van der Waals surface area contributed by atoms with E-state index in [4.69, 9.17) is 4.74 Å². The molecular formula is C40H56N6O6S. The van der Waals surface area contributed by atoms with Gasteiger partial charge in [-0.15, -0.1) is 11.3 Å². The maximum atomic E-state index is 14.4. The number of amides is 5. The van der Waals surface area contributed by atoms with Crippen LogP contribution in [0.2, 0.25) is 0 Å². The van der Waals surface area contributed by atoms with E-state index >= 15 is 0 Å². The van der Waals surface area contributed by atoms with Gasteiger partial charge in [0.25, 0.3) is 0 Å². The first-order chi connectivity index (χ1) is 25.0. The summed E-state index contributed by atoms with van der Waals surface area (Å²) >= 11 is 1.54. The molecule has 0 bridgehead atoms. The summed E-state index contributed by atoms with van der Waals surface area (Å²) in [6.07, 6.45) is -1.04. The van der Waals surface area contributed by atoms with E-state index in [1.807, 2.05) is 115 Å². The molecule has 4 N–H and O–H groups in total. The Bertz CT molecular complexity index is 1670. The van der Waals surface area contributed by atoms with Gasteiger partial charge in [-0.1, -0.05) is 102 Å². The fourth-order valence-electron chi connectivity index (χ4n) is 6.76. The van der Waals surface area contributed by atoms with Crippen molar-refractivity contribution in [2.45, 2.75) is 105 Å². The number of rotatable bonds is 15. The largest absolute Gasteiger partial charge is 0.453 e. The SMILES string of the molecule is COC(=O)N[C@H](C(=O)N[C@@H](Cc1ccccc1)[C@@H](O)C[C@H](Cc1ccccc1)NC(=O)[C@@H](N1CCN(Cc2csc(C)n2)C1=O)C(C)(C)C)C(C)(C)C. The number of methoxy groups -OCH3 is 1. The first-order valence-electron chi connectivity index (χ1n) is 18.1. The number of aliphatic hydroxyl groups excluding tert-OH is 1. The highest BCUT2D eigenvalue weighted by Crippen LogP contribution is 2.29. The lowest BCUT2D eigenvalue weighted by molar-refractivity contribution is -0.130. The number of thiazole rings is 1. The summed E-state index contributed by atoms with van der Waals surface area (Å²) in [6.45, 7) is 14.5. The molecule has 1 aliphatic rings. The molecule has 0 unspecified atom stereocenters. The monoisotopic (exact) mass is 748 g/mol. The van der Waals surface area contributed by atoms with Crippen LogP contribution >= 0.6 is 11.3 Å². The topological polar surface area (TPSA) is 153 Å². The number of nitrogens with zero attached hydrogens (tertiary/aromatic N) is 3. The third-order valence-electron chi connectivity index (χ3n) is 9.39. The maximum Gasteiger partial charge on any atom is 0.407 e. The molecule has 5 atom stereocenters. The van der Waals surface area contributed by atoms with E-state index in [1.54, 1.807) is 9.80 Å². The van der Waals surface area contributed by atoms with Gasteiger partial charge >= 0.3 is 12.1 Å². The molecule has 5 amide bonds. The van der Waals surface area contributed by atoms with Crippen molar-refractivity contribution in [3.8, 4) is 0 Å². The van der Waals surface area contributed by atoms with Gasteiger partial charge in [0.1, 0.15) is 12.1 Å². The molecule has 53 heavy (non-hydrogen) atoms. The van der Waals surface area contributed by atoms with Crippen LogP contribution in [0.5, 0.6) is 0 Å². The number of carbonyl (C=O) groups is 4. The van der Waals surface area contributed by atoms with Crippen LogP contribution in [0.1, 0.15) is 69.8 Å². The van der Waals surface area contributed by atoms with Gasteiger partial charge < -0.3 is 35.6 Å². The third kappa shape index (κ3) is 11.8. The Labute approximate surface area is 317 Å². The Hall–Kier alpha value is -4.49. The first kappa shape index (κ1) is 41.3. The Kier molecular flexibility index (Phi) is 14.0.